The molecule has 1 aliphatic heterocycles. The molecule has 0 amide bonds. The normalized spacial score (nSPS) is 21.7. The summed E-state index contributed by atoms with van der Waals surface area (Å²) in [6.45, 7) is 2.88. The van der Waals surface area contributed by atoms with Gasteiger partial charge in [-0.1, -0.05) is 12.1 Å². The number of carbonyl (C=O) groups is 1. The summed E-state index contributed by atoms with van der Waals surface area (Å²) in [7, 11) is -2.19. The SMILES string of the molecule is CCS(=O)(=O)NC1=C(O)C(=O)C(C)(c2cccc(OC)c2)O1. The van der Waals surface area contributed by atoms with Crippen LogP contribution in [0.25, 0.3) is 0 Å². The van der Waals surface area contributed by atoms with Crippen LogP contribution in [0.4, 0.5) is 0 Å². The lowest BCUT2D eigenvalue weighted by atomic mass is 9.91. The summed E-state index contributed by atoms with van der Waals surface area (Å²) in [5.74, 6) is -1.64. The lowest BCUT2D eigenvalue weighted by Gasteiger charge is -2.24. The molecule has 1 heterocycles. The summed E-state index contributed by atoms with van der Waals surface area (Å²) >= 11 is 0. The molecule has 0 radical (unpaired) electrons. The van der Waals surface area contributed by atoms with E-state index in [2.05, 4.69) is 4.72 Å². The Hall–Kier alpha value is -2.22. The quantitative estimate of drug-likeness (QED) is 0.842. The van der Waals surface area contributed by atoms with Crippen LogP contribution < -0.4 is 9.46 Å². The molecule has 1 unspecified atom stereocenters. The van der Waals surface area contributed by atoms with Gasteiger partial charge in [-0.3, -0.25) is 9.52 Å². The Kier molecular flexibility index (Phi) is 4.06. The molecule has 0 aliphatic carbocycles. The third-order valence-corrected chi connectivity index (χ3v) is 4.67. The maximum Gasteiger partial charge on any atom is 0.250 e. The van der Waals surface area contributed by atoms with Crippen molar-refractivity contribution in [1.82, 2.24) is 4.72 Å². The maximum atomic E-state index is 12.3. The Bertz CT molecular complexity index is 739. The summed E-state index contributed by atoms with van der Waals surface area (Å²) in [5.41, 5.74) is -1.08. The summed E-state index contributed by atoms with van der Waals surface area (Å²) in [6, 6.07) is 6.58. The van der Waals surface area contributed by atoms with Gasteiger partial charge in [0.25, 0.3) is 5.78 Å². The van der Waals surface area contributed by atoms with Crippen molar-refractivity contribution in [2.75, 3.05) is 12.9 Å². The van der Waals surface area contributed by atoms with E-state index in [0.29, 0.717) is 11.3 Å². The first-order valence-electron chi connectivity index (χ1n) is 6.55. The van der Waals surface area contributed by atoms with E-state index in [1.54, 1.807) is 24.3 Å². The zero-order chi connectivity index (χ0) is 16.5. The predicted octanol–water partition coefficient (Wildman–Crippen LogP) is 1.18. The first kappa shape index (κ1) is 16.2. The smallest absolute Gasteiger partial charge is 0.250 e. The highest BCUT2D eigenvalue weighted by Crippen LogP contribution is 2.38. The number of hydrogen-bond acceptors (Lipinski definition) is 6. The minimum absolute atomic E-state index is 0.211. The van der Waals surface area contributed by atoms with E-state index in [4.69, 9.17) is 9.47 Å². The van der Waals surface area contributed by atoms with Crippen LogP contribution in [-0.4, -0.2) is 32.2 Å². The number of ether oxygens (including phenoxy) is 2. The number of methoxy groups -OCH3 is 1. The van der Waals surface area contributed by atoms with Crippen LogP contribution in [-0.2, 0) is 25.2 Å². The molecule has 120 valence electrons. The molecule has 0 fully saturated rings. The topological polar surface area (TPSA) is 102 Å². The average molecular weight is 327 g/mol. The van der Waals surface area contributed by atoms with Crippen LogP contribution in [0.1, 0.15) is 19.4 Å². The van der Waals surface area contributed by atoms with Crippen LogP contribution >= 0.6 is 0 Å². The van der Waals surface area contributed by atoms with Gasteiger partial charge in [-0.2, -0.15) is 0 Å². The molecule has 1 aromatic carbocycles. The number of nitrogens with one attached hydrogen (secondary N) is 1. The van der Waals surface area contributed by atoms with Crippen molar-refractivity contribution in [3.8, 4) is 5.75 Å². The minimum Gasteiger partial charge on any atom is -0.501 e. The number of carbonyl (C=O) groups excluding carboxylic acids is 1. The number of aliphatic hydroxyl groups is 1. The molecular formula is C14H17NO6S. The van der Waals surface area contributed by atoms with Gasteiger partial charge in [0.1, 0.15) is 5.75 Å². The Morgan fingerprint density at radius 3 is 2.68 bits per heavy atom. The molecule has 0 spiro atoms. The third-order valence-electron chi connectivity index (χ3n) is 3.42. The fraction of sp³-hybridized carbons (Fsp3) is 0.357. The van der Waals surface area contributed by atoms with Crippen molar-refractivity contribution in [1.29, 1.82) is 0 Å². The molecule has 0 bridgehead atoms. The van der Waals surface area contributed by atoms with E-state index < -0.39 is 33.0 Å². The number of aliphatic hydroxyl groups excluding tert-OH is 1. The molecule has 22 heavy (non-hydrogen) atoms. The average Bonchev–Trinajstić information content (AvgIpc) is 2.72. The number of benzene rings is 1. The third kappa shape index (κ3) is 2.74. The summed E-state index contributed by atoms with van der Waals surface area (Å²) in [5, 5.41) is 9.89. The summed E-state index contributed by atoms with van der Waals surface area (Å²) < 4.78 is 35.8. The van der Waals surface area contributed by atoms with E-state index in [9.17, 15) is 18.3 Å². The predicted molar refractivity (Wildman–Crippen MR) is 78.7 cm³/mol. The van der Waals surface area contributed by atoms with Gasteiger partial charge in [0.05, 0.1) is 12.9 Å². The Morgan fingerprint density at radius 1 is 1.41 bits per heavy atom. The number of Topliss-reactive ketones (excluding diaryl/α,β-unsaturated/α-hetero) is 1. The fourth-order valence-electron chi connectivity index (χ4n) is 2.02. The van der Waals surface area contributed by atoms with Crippen LogP contribution in [0, 0.1) is 0 Å². The van der Waals surface area contributed by atoms with Crippen LogP contribution in [0.5, 0.6) is 5.75 Å². The van der Waals surface area contributed by atoms with E-state index in [1.165, 1.54) is 21.0 Å². The number of rotatable bonds is 5. The van der Waals surface area contributed by atoms with E-state index in [-0.39, 0.29) is 5.75 Å². The molecule has 1 aliphatic rings. The molecule has 0 saturated carbocycles. The largest absolute Gasteiger partial charge is 0.501 e. The summed E-state index contributed by atoms with van der Waals surface area (Å²) in [6.07, 6.45) is 0. The highest BCUT2D eigenvalue weighted by Gasteiger charge is 2.48. The van der Waals surface area contributed by atoms with Gasteiger partial charge in [-0.15, -0.1) is 0 Å². The van der Waals surface area contributed by atoms with Gasteiger partial charge in [0.15, 0.2) is 5.60 Å². The molecule has 8 heteroatoms. The Labute approximate surface area is 128 Å². The molecule has 1 atom stereocenters. The minimum atomic E-state index is -3.67. The number of ketones is 1. The van der Waals surface area contributed by atoms with Gasteiger partial charge in [0, 0.05) is 5.56 Å². The van der Waals surface area contributed by atoms with Crippen LogP contribution in [0.2, 0.25) is 0 Å². The molecule has 0 saturated heterocycles. The number of sulfonamides is 1. The Morgan fingerprint density at radius 2 is 2.09 bits per heavy atom. The van der Waals surface area contributed by atoms with Gasteiger partial charge >= 0.3 is 0 Å². The van der Waals surface area contributed by atoms with Crippen LogP contribution in [0.3, 0.4) is 0 Å². The molecule has 7 nitrogen and oxygen atoms in total. The zero-order valence-electron chi connectivity index (χ0n) is 12.4. The maximum absolute atomic E-state index is 12.3. The molecule has 1 aromatic rings. The van der Waals surface area contributed by atoms with E-state index >= 15 is 0 Å². The second-order valence-electron chi connectivity index (χ2n) is 4.88. The first-order valence-corrected chi connectivity index (χ1v) is 8.21. The van der Waals surface area contributed by atoms with Crippen molar-refractivity contribution >= 4 is 15.8 Å². The second kappa shape index (κ2) is 5.53. The summed E-state index contributed by atoms with van der Waals surface area (Å²) in [4.78, 5) is 12.3. The highest BCUT2D eigenvalue weighted by atomic mass is 32.2. The van der Waals surface area contributed by atoms with E-state index in [1.807, 2.05) is 0 Å². The van der Waals surface area contributed by atoms with Crippen molar-refractivity contribution < 1.29 is 27.8 Å². The van der Waals surface area contributed by atoms with Gasteiger partial charge in [-0.05, 0) is 26.0 Å². The van der Waals surface area contributed by atoms with Crippen molar-refractivity contribution in [3.05, 3.63) is 41.5 Å². The Balaban J connectivity index is 2.38. The standard InChI is InChI=1S/C14H17NO6S/c1-4-22(18,19)15-13-11(16)12(17)14(2,21-13)9-6-5-7-10(8-9)20-3/h5-8,15-16H,4H2,1-3H3. The van der Waals surface area contributed by atoms with Crippen molar-refractivity contribution in [2.24, 2.45) is 0 Å². The molecule has 2 N–H and O–H groups in total. The monoisotopic (exact) mass is 327 g/mol. The van der Waals surface area contributed by atoms with Crippen molar-refractivity contribution in [2.45, 2.75) is 19.4 Å². The molecule has 2 rings (SSSR count). The van der Waals surface area contributed by atoms with Crippen molar-refractivity contribution in [3.63, 3.8) is 0 Å². The van der Waals surface area contributed by atoms with Gasteiger partial charge < -0.3 is 14.6 Å². The second-order valence-corrected chi connectivity index (χ2v) is 6.89. The molecule has 0 aromatic heterocycles. The number of hydrogen-bond donors (Lipinski definition) is 2. The van der Waals surface area contributed by atoms with Gasteiger partial charge in [0.2, 0.25) is 21.7 Å². The fourth-order valence-corrected chi connectivity index (χ4v) is 2.59. The zero-order valence-corrected chi connectivity index (χ0v) is 13.2. The highest BCUT2D eigenvalue weighted by molar-refractivity contribution is 7.89. The molecular weight excluding hydrogens is 310 g/mol. The lowest BCUT2D eigenvalue weighted by molar-refractivity contribution is -0.131. The lowest BCUT2D eigenvalue weighted by Crippen LogP contribution is -2.32. The van der Waals surface area contributed by atoms with Gasteiger partial charge in [-0.25, -0.2) is 8.42 Å². The van der Waals surface area contributed by atoms with E-state index in [0.717, 1.165) is 0 Å². The first-order chi connectivity index (χ1) is 10.2. The van der Waals surface area contributed by atoms with Crippen LogP contribution in [0.15, 0.2) is 35.9 Å².